The van der Waals surface area contributed by atoms with Gasteiger partial charge in [0, 0.05) is 37.1 Å². The second-order valence-corrected chi connectivity index (χ2v) is 7.37. The van der Waals surface area contributed by atoms with E-state index in [1.165, 1.54) is 18.2 Å². The van der Waals surface area contributed by atoms with Gasteiger partial charge in [0.1, 0.15) is 23.1 Å². The van der Waals surface area contributed by atoms with Gasteiger partial charge in [-0.05, 0) is 62.5 Å². The highest BCUT2D eigenvalue weighted by Gasteiger charge is 2.00. The summed E-state index contributed by atoms with van der Waals surface area (Å²) in [7, 11) is 0. The summed E-state index contributed by atoms with van der Waals surface area (Å²) in [5.74, 6) is -0.374. The molecule has 2 rings (SSSR count). The van der Waals surface area contributed by atoms with Crippen LogP contribution in [0.15, 0.2) is 45.3 Å². The fourth-order valence-corrected chi connectivity index (χ4v) is 2.11. The van der Waals surface area contributed by atoms with E-state index in [2.05, 4.69) is 47.8 Å². The Morgan fingerprint density at radius 1 is 0.852 bits per heavy atom. The van der Waals surface area contributed by atoms with E-state index in [-0.39, 0.29) is 18.2 Å². The molecule has 0 saturated heterocycles. The van der Waals surface area contributed by atoms with Gasteiger partial charge in [0.2, 0.25) is 0 Å². The fraction of sp³-hybridized carbons (Fsp3) is 0.333. The average Bonchev–Trinajstić information content (AvgIpc) is 2.63. The highest BCUT2D eigenvalue weighted by atomic mass is 79.9. The Bertz CT molecular complexity index is 658. The van der Waals surface area contributed by atoms with Crippen molar-refractivity contribution in [2.45, 2.75) is 12.8 Å². The maximum Gasteiger partial charge on any atom is 0.141 e. The maximum absolute atomic E-state index is 12.9. The van der Waals surface area contributed by atoms with Crippen LogP contribution in [0.4, 0.5) is 8.78 Å². The first-order valence-electron chi connectivity index (χ1n) is 7.85. The zero-order chi connectivity index (χ0) is 20.7. The molecule has 2 aromatic carbocycles. The lowest BCUT2D eigenvalue weighted by Crippen LogP contribution is -1.99. The molecule has 0 spiro atoms. The monoisotopic (exact) mass is 576 g/mol. The minimum atomic E-state index is -0.449. The number of hydrogen-bond donors (Lipinski definition) is 3. The molecule has 0 aromatic heterocycles. The number of phenolic OH excluding ortho intramolecular Hbond substituents is 1. The summed E-state index contributed by atoms with van der Waals surface area (Å²) in [4.78, 5) is 0. The Labute approximate surface area is 182 Å². The van der Waals surface area contributed by atoms with Gasteiger partial charge in [0.05, 0.1) is 15.6 Å². The molecule has 0 aliphatic carbocycles. The van der Waals surface area contributed by atoms with Crippen LogP contribution < -0.4 is 4.74 Å². The van der Waals surface area contributed by atoms with E-state index in [4.69, 9.17) is 20.1 Å². The summed E-state index contributed by atoms with van der Waals surface area (Å²) in [5.41, 5.74) is 0. The van der Waals surface area contributed by atoms with Crippen molar-refractivity contribution in [1.82, 2.24) is 0 Å². The molecule has 0 aliphatic rings. The molecule has 9 heteroatoms. The first-order valence-corrected chi connectivity index (χ1v) is 10.6. The first-order chi connectivity index (χ1) is 12.8. The highest BCUT2D eigenvalue weighted by molar-refractivity contribution is 9.10. The smallest absolute Gasteiger partial charge is 0.141 e. The SMILES string of the molecule is OCCCBr.OCCCOc1ccc(Br)c(F)c1.Oc1ccc(Br)c(F)c1. The highest BCUT2D eigenvalue weighted by Crippen LogP contribution is 2.21. The van der Waals surface area contributed by atoms with E-state index in [9.17, 15) is 8.78 Å². The molecule has 152 valence electrons. The molecule has 0 heterocycles. The quantitative estimate of drug-likeness (QED) is 0.317. The third kappa shape index (κ3) is 13.1. The molecular formula is C18H21Br3F2O4. The molecule has 0 amide bonds. The number of aliphatic hydroxyl groups excluding tert-OH is 2. The Morgan fingerprint density at radius 2 is 1.41 bits per heavy atom. The van der Waals surface area contributed by atoms with E-state index in [1.807, 2.05) is 0 Å². The first kappa shape index (κ1) is 26.3. The van der Waals surface area contributed by atoms with Crippen molar-refractivity contribution in [2.24, 2.45) is 0 Å². The van der Waals surface area contributed by atoms with Crippen LogP contribution in [0.25, 0.3) is 0 Å². The van der Waals surface area contributed by atoms with Gasteiger partial charge in [0.15, 0.2) is 0 Å². The number of halogens is 5. The average molecular weight is 579 g/mol. The third-order valence-corrected chi connectivity index (χ3v) is 4.50. The van der Waals surface area contributed by atoms with E-state index >= 15 is 0 Å². The van der Waals surface area contributed by atoms with Crippen molar-refractivity contribution in [2.75, 3.05) is 25.2 Å². The predicted molar refractivity (Wildman–Crippen MR) is 113 cm³/mol. The zero-order valence-corrected chi connectivity index (χ0v) is 19.1. The van der Waals surface area contributed by atoms with Crippen molar-refractivity contribution in [3.05, 3.63) is 57.0 Å². The second-order valence-electron chi connectivity index (χ2n) is 4.87. The second kappa shape index (κ2) is 16.2. The number of hydrogen-bond acceptors (Lipinski definition) is 4. The maximum atomic E-state index is 12.9. The molecule has 0 aliphatic heterocycles. The summed E-state index contributed by atoms with van der Waals surface area (Å²) < 4.78 is 31.2. The van der Waals surface area contributed by atoms with Crippen LogP contribution in [0.2, 0.25) is 0 Å². The van der Waals surface area contributed by atoms with Crippen LogP contribution in [-0.2, 0) is 0 Å². The lowest BCUT2D eigenvalue weighted by Gasteiger charge is -2.04. The molecule has 0 radical (unpaired) electrons. The summed E-state index contributed by atoms with van der Waals surface area (Å²) in [5, 5.41) is 26.1. The Balaban J connectivity index is 0.000000419. The molecule has 0 bridgehead atoms. The molecule has 0 saturated carbocycles. The van der Waals surface area contributed by atoms with E-state index in [1.54, 1.807) is 12.1 Å². The van der Waals surface area contributed by atoms with Crippen LogP contribution in [0.1, 0.15) is 12.8 Å². The van der Waals surface area contributed by atoms with Gasteiger partial charge in [-0.15, -0.1) is 0 Å². The van der Waals surface area contributed by atoms with Crippen LogP contribution in [0, 0.1) is 11.6 Å². The van der Waals surface area contributed by atoms with Gasteiger partial charge in [-0.25, -0.2) is 8.78 Å². The Kier molecular flexibility index (Phi) is 15.8. The number of ether oxygens (including phenoxy) is 1. The molecule has 0 unspecified atom stereocenters. The van der Waals surface area contributed by atoms with Gasteiger partial charge in [-0.3, -0.25) is 0 Å². The minimum Gasteiger partial charge on any atom is -0.508 e. The number of phenols is 1. The standard InChI is InChI=1S/C9H10BrFO2.C6H4BrFO.C3H7BrO/c10-8-3-2-7(6-9(8)11)13-5-1-4-12;7-5-2-1-4(9)3-6(5)8;4-2-1-3-5/h2-3,6,12H,1,4-5H2;1-3,9H;5H,1-3H2. The topological polar surface area (TPSA) is 69.9 Å². The minimum absolute atomic E-state index is 0.0595. The Hall–Kier alpha value is -0.740. The van der Waals surface area contributed by atoms with Crippen molar-refractivity contribution < 1.29 is 28.8 Å². The van der Waals surface area contributed by atoms with Crippen LogP contribution >= 0.6 is 47.8 Å². The Morgan fingerprint density at radius 3 is 1.81 bits per heavy atom. The molecule has 0 atom stereocenters. The molecular weight excluding hydrogens is 558 g/mol. The molecule has 2 aromatic rings. The van der Waals surface area contributed by atoms with Crippen LogP contribution in [0.5, 0.6) is 11.5 Å². The molecule has 4 nitrogen and oxygen atoms in total. The van der Waals surface area contributed by atoms with Gasteiger partial charge in [-0.2, -0.15) is 0 Å². The lowest BCUT2D eigenvalue weighted by atomic mass is 10.3. The van der Waals surface area contributed by atoms with Crippen molar-refractivity contribution in [3.63, 3.8) is 0 Å². The fourth-order valence-electron chi connectivity index (χ4n) is 1.37. The number of aliphatic hydroxyl groups is 2. The number of aromatic hydroxyl groups is 1. The molecule has 3 N–H and O–H groups in total. The van der Waals surface area contributed by atoms with Gasteiger partial charge < -0.3 is 20.1 Å². The molecule has 27 heavy (non-hydrogen) atoms. The van der Waals surface area contributed by atoms with E-state index in [0.717, 1.165) is 17.8 Å². The van der Waals surface area contributed by atoms with Gasteiger partial charge in [-0.1, -0.05) is 15.9 Å². The van der Waals surface area contributed by atoms with E-state index in [0.29, 0.717) is 34.3 Å². The van der Waals surface area contributed by atoms with Crippen molar-refractivity contribution >= 4 is 47.8 Å². The normalized spacial score (nSPS) is 9.59. The van der Waals surface area contributed by atoms with Crippen molar-refractivity contribution in [3.8, 4) is 11.5 Å². The predicted octanol–water partition coefficient (Wildman–Crippen LogP) is 5.41. The number of benzene rings is 2. The zero-order valence-electron chi connectivity index (χ0n) is 14.3. The van der Waals surface area contributed by atoms with Crippen LogP contribution in [0.3, 0.4) is 0 Å². The van der Waals surface area contributed by atoms with Gasteiger partial charge >= 0.3 is 0 Å². The number of alkyl halides is 1. The molecule has 0 fully saturated rings. The lowest BCUT2D eigenvalue weighted by molar-refractivity contribution is 0.233. The van der Waals surface area contributed by atoms with Crippen molar-refractivity contribution in [1.29, 1.82) is 0 Å². The third-order valence-electron chi connectivity index (χ3n) is 2.66. The summed E-state index contributed by atoms with van der Waals surface area (Å²) in [6.07, 6.45) is 1.41. The summed E-state index contributed by atoms with van der Waals surface area (Å²) in [6.45, 7) is 0.780. The largest absolute Gasteiger partial charge is 0.508 e. The number of rotatable bonds is 6. The van der Waals surface area contributed by atoms with E-state index < -0.39 is 5.82 Å². The van der Waals surface area contributed by atoms with Gasteiger partial charge in [0.25, 0.3) is 0 Å². The summed E-state index contributed by atoms with van der Waals surface area (Å²) >= 11 is 9.13. The summed E-state index contributed by atoms with van der Waals surface area (Å²) in [6, 6.07) is 8.47. The van der Waals surface area contributed by atoms with Crippen LogP contribution in [-0.4, -0.2) is 40.5 Å².